The summed E-state index contributed by atoms with van der Waals surface area (Å²) in [7, 11) is 4.26. The summed E-state index contributed by atoms with van der Waals surface area (Å²) in [5.74, 6) is -5.93. The summed E-state index contributed by atoms with van der Waals surface area (Å²) in [6, 6.07) is 21.6. The maximum Gasteiger partial charge on any atom is 0.416 e. The molecule has 1 unspecified atom stereocenters. The van der Waals surface area contributed by atoms with E-state index in [2.05, 4.69) is 19.9 Å². The Kier molecular flexibility index (Phi) is 18.6. The number of anilines is 2. The number of ether oxygens (including phenoxy) is 6. The molecule has 4 aliphatic heterocycles. The summed E-state index contributed by atoms with van der Waals surface area (Å²) < 4.78 is 169. The van der Waals surface area contributed by atoms with Crippen molar-refractivity contribution in [2.75, 3.05) is 63.9 Å². The lowest BCUT2D eigenvalue weighted by Crippen LogP contribution is -2.57. The number of methoxy groups -OCH3 is 3. The molecule has 1 aliphatic carbocycles. The molecule has 97 heavy (non-hydrogen) atoms. The average molecular weight is 1360 g/mol. The molecule has 1 saturated carbocycles. The fraction of sp³-hybridized carbons (Fsp3) is 0.391. The molecule has 0 bridgehead atoms. The van der Waals surface area contributed by atoms with Crippen LogP contribution in [0.15, 0.2) is 103 Å². The van der Waals surface area contributed by atoms with Crippen LogP contribution in [0.5, 0.6) is 11.5 Å². The van der Waals surface area contributed by atoms with Crippen LogP contribution in [-0.2, 0) is 49.2 Å². The predicted octanol–water partition coefficient (Wildman–Crippen LogP) is 14.5. The highest BCUT2D eigenvalue weighted by Crippen LogP contribution is 2.51. The normalized spacial score (nSPS) is 20.8. The van der Waals surface area contributed by atoms with Gasteiger partial charge in [0, 0.05) is 34.6 Å². The highest BCUT2D eigenvalue weighted by molar-refractivity contribution is 5.91. The molecule has 18 nitrogen and oxygen atoms in total. The van der Waals surface area contributed by atoms with Crippen LogP contribution >= 0.6 is 0 Å². The van der Waals surface area contributed by atoms with Crippen molar-refractivity contribution < 1.29 is 91.5 Å². The molecule has 512 valence electrons. The number of amides is 2. The molecule has 6 atom stereocenters. The molecule has 0 N–H and O–H groups in total. The van der Waals surface area contributed by atoms with Gasteiger partial charge >= 0.3 is 36.5 Å². The van der Waals surface area contributed by atoms with Crippen LogP contribution in [0, 0.1) is 26.7 Å². The van der Waals surface area contributed by atoms with E-state index in [0.717, 1.165) is 46.5 Å². The largest absolute Gasteiger partial charge is 0.496 e. The van der Waals surface area contributed by atoms with Crippen LogP contribution in [0.25, 0.3) is 33.4 Å². The van der Waals surface area contributed by atoms with Gasteiger partial charge in [0.2, 0.25) is 11.9 Å². The van der Waals surface area contributed by atoms with Crippen LogP contribution in [0.2, 0.25) is 0 Å². The van der Waals surface area contributed by atoms with E-state index in [4.69, 9.17) is 28.4 Å². The molecular formula is C69H66F10N8O10. The standard InChI is InChI=1S/C36H33F5N4O5.C33H33F5N4O5/c1-19-10-24(13-25(11-19)36(39,40)41)31-21(3)45(34(47)50-31)16-29-28(15-42-33(43-29)44-17-35(37,38)18-44)27-14-22(7-9-30(27)48-4)26-8-6-23(12-20(26)2)32(46)49-5;1-5-46-29(43)24-12-22(24)19-6-7-27(45-4)23(11-19)25-13-39-30(41-15-32(34,35)16-41)40-26(25)14-42-18(3)28(47-31(42)44)20-8-17(2)9-21(10-20)33(36,37)38/h6-15,21,31H,16-18H2,1-5H3;6-11,13,18,22,24,28H,5,12,14-16H2,1-4H3/t21-,31-;18-,22?,24+,28-/m00/s1. The number of hydrogen-bond donors (Lipinski definition) is 0. The number of aromatic nitrogens is 4. The zero-order valence-electron chi connectivity index (χ0n) is 53.9. The summed E-state index contributed by atoms with van der Waals surface area (Å²) >= 11 is 0. The molecule has 0 radical (unpaired) electrons. The van der Waals surface area contributed by atoms with Crippen LogP contribution in [0.4, 0.5) is 65.4 Å². The Morgan fingerprint density at radius 2 is 1.06 bits per heavy atom. The number of hydrogen-bond acceptors (Lipinski definition) is 16. The number of aryl methyl sites for hydroxylation is 3. The van der Waals surface area contributed by atoms with E-state index in [-0.39, 0.29) is 66.2 Å². The van der Waals surface area contributed by atoms with Crippen LogP contribution in [0.3, 0.4) is 0 Å². The molecule has 5 aromatic carbocycles. The monoisotopic (exact) mass is 1360 g/mol. The van der Waals surface area contributed by atoms with Crippen molar-refractivity contribution in [3.8, 4) is 44.9 Å². The highest BCUT2D eigenvalue weighted by atomic mass is 19.4. The summed E-state index contributed by atoms with van der Waals surface area (Å²) in [5, 5.41) is 0. The summed E-state index contributed by atoms with van der Waals surface area (Å²) in [6.45, 7) is 7.61. The first-order chi connectivity index (χ1) is 45.8. The third-order valence-electron chi connectivity index (χ3n) is 17.7. The van der Waals surface area contributed by atoms with Crippen molar-refractivity contribution in [2.24, 2.45) is 5.92 Å². The number of alkyl halides is 10. The molecule has 2 amide bonds. The molecule has 12 rings (SSSR count). The number of rotatable bonds is 17. The SMILES string of the molecule is CCOC(=O)[C@@H]1CC1c1ccc(OC)c(-c2cnc(N3CC(F)(F)C3)nc2CN2C(=O)O[C@H](c3cc(C)cc(C(F)(F)F)c3)[C@@H]2C)c1.COC(=O)c1ccc(-c2ccc(OC)c(-c3cnc(N4CC(F)(F)C4)nc3CN3C(=O)O[C@H](c4cc(C)cc(C(F)(F)F)c4)[C@@H]3C)c2)c(C)c1. The fourth-order valence-corrected chi connectivity index (χ4v) is 12.6. The van der Waals surface area contributed by atoms with Crippen LogP contribution < -0.4 is 19.3 Å². The lowest BCUT2D eigenvalue weighted by Gasteiger charge is -2.38. The second-order valence-corrected chi connectivity index (χ2v) is 24.7. The molecule has 7 aromatic rings. The Bertz CT molecular complexity index is 4220. The van der Waals surface area contributed by atoms with E-state index in [1.165, 1.54) is 67.2 Å². The lowest BCUT2D eigenvalue weighted by molar-refractivity contribution is -0.144. The van der Waals surface area contributed by atoms with E-state index < -0.39 is 104 Å². The molecule has 4 saturated heterocycles. The number of cyclic esters (lactones) is 2. The van der Waals surface area contributed by atoms with Gasteiger partial charge in [0.25, 0.3) is 11.8 Å². The Hall–Kier alpha value is -9.76. The zero-order chi connectivity index (χ0) is 70.0. The van der Waals surface area contributed by atoms with Gasteiger partial charge in [-0.25, -0.2) is 51.9 Å². The first kappa shape index (κ1) is 68.6. The number of carbonyl (C=O) groups is 4. The Morgan fingerprint density at radius 3 is 1.49 bits per heavy atom. The molecule has 5 fully saturated rings. The van der Waals surface area contributed by atoms with Crippen molar-refractivity contribution in [2.45, 2.75) is 115 Å². The van der Waals surface area contributed by atoms with E-state index in [0.29, 0.717) is 62.6 Å². The second-order valence-electron chi connectivity index (χ2n) is 24.7. The van der Waals surface area contributed by atoms with Gasteiger partial charge in [-0.05, 0) is 148 Å². The Balaban J connectivity index is 0.000000197. The third-order valence-corrected chi connectivity index (χ3v) is 17.7. The molecule has 5 aliphatic rings. The molecular weight excluding hydrogens is 1290 g/mol. The number of nitrogens with zero attached hydrogens (tertiary/aromatic N) is 8. The van der Waals surface area contributed by atoms with Crippen molar-refractivity contribution >= 4 is 36.0 Å². The quantitative estimate of drug-likeness (QED) is 0.0475. The molecule has 2 aromatic heterocycles. The van der Waals surface area contributed by atoms with Crippen LogP contribution in [-0.4, -0.2) is 132 Å². The number of esters is 2. The van der Waals surface area contributed by atoms with Gasteiger partial charge in [0.05, 0.1) is 113 Å². The summed E-state index contributed by atoms with van der Waals surface area (Å²) in [6.07, 6.45) is -9.18. The van der Waals surface area contributed by atoms with E-state index in [1.54, 1.807) is 63.2 Å². The number of benzene rings is 5. The Morgan fingerprint density at radius 1 is 0.588 bits per heavy atom. The first-order valence-corrected chi connectivity index (χ1v) is 30.8. The molecule has 0 spiro atoms. The smallest absolute Gasteiger partial charge is 0.416 e. The van der Waals surface area contributed by atoms with Crippen molar-refractivity contribution in [3.63, 3.8) is 0 Å². The van der Waals surface area contributed by atoms with Crippen molar-refractivity contribution in [3.05, 3.63) is 165 Å². The summed E-state index contributed by atoms with van der Waals surface area (Å²) in [4.78, 5) is 74.3. The maximum atomic E-state index is 13.8. The number of halogens is 10. The first-order valence-electron chi connectivity index (χ1n) is 30.8. The lowest BCUT2D eigenvalue weighted by atomic mass is 9.94. The van der Waals surface area contributed by atoms with Gasteiger partial charge in [-0.2, -0.15) is 26.3 Å². The third kappa shape index (κ3) is 14.4. The van der Waals surface area contributed by atoms with E-state index in [1.807, 2.05) is 31.2 Å². The van der Waals surface area contributed by atoms with Crippen LogP contribution in [0.1, 0.15) is 112 Å². The predicted molar refractivity (Wildman–Crippen MR) is 332 cm³/mol. The second kappa shape index (κ2) is 26.3. The molecule has 6 heterocycles. The Labute approximate surface area is 550 Å². The van der Waals surface area contributed by atoms with Crippen molar-refractivity contribution in [1.82, 2.24) is 29.7 Å². The topological polar surface area (TPSA) is 188 Å². The van der Waals surface area contributed by atoms with E-state index in [9.17, 15) is 63.1 Å². The van der Waals surface area contributed by atoms with Gasteiger partial charge in [-0.3, -0.25) is 14.6 Å². The fourth-order valence-electron chi connectivity index (χ4n) is 12.6. The number of carbonyl (C=O) groups excluding carboxylic acids is 4. The minimum atomic E-state index is -4.60. The van der Waals surface area contributed by atoms with Crippen molar-refractivity contribution in [1.29, 1.82) is 0 Å². The minimum absolute atomic E-state index is 0.0318. The summed E-state index contributed by atoms with van der Waals surface area (Å²) in [5.41, 5.74) is 5.52. The van der Waals surface area contributed by atoms with Gasteiger partial charge in [0.15, 0.2) is 0 Å². The molecule has 28 heteroatoms. The zero-order valence-corrected chi connectivity index (χ0v) is 53.9. The highest BCUT2D eigenvalue weighted by Gasteiger charge is 2.49. The average Bonchev–Trinajstić information content (AvgIpc) is 1.63. The van der Waals surface area contributed by atoms with Gasteiger partial charge < -0.3 is 38.2 Å². The minimum Gasteiger partial charge on any atom is -0.496 e. The maximum absolute atomic E-state index is 13.8. The van der Waals surface area contributed by atoms with Gasteiger partial charge in [-0.15, -0.1) is 0 Å². The van der Waals surface area contributed by atoms with Gasteiger partial charge in [0.1, 0.15) is 23.7 Å². The van der Waals surface area contributed by atoms with E-state index >= 15 is 0 Å². The van der Waals surface area contributed by atoms with Gasteiger partial charge in [-0.1, -0.05) is 41.5 Å².